The highest BCUT2D eigenvalue weighted by atomic mass is 32.2. The average molecular weight is 309 g/mol. The van der Waals surface area contributed by atoms with Gasteiger partial charge in [0, 0.05) is 36.1 Å². The fourth-order valence-electron chi connectivity index (χ4n) is 2.70. The second-order valence-corrected chi connectivity index (χ2v) is 7.02. The number of nitrogens with zero attached hydrogens (tertiary/aromatic N) is 2. The van der Waals surface area contributed by atoms with Crippen molar-refractivity contribution in [2.24, 2.45) is 0 Å². The quantitative estimate of drug-likeness (QED) is 0.930. The lowest BCUT2D eigenvalue weighted by Gasteiger charge is -2.18. The second-order valence-electron chi connectivity index (χ2n) is 5.11. The van der Waals surface area contributed by atoms with E-state index in [1.54, 1.807) is 12.1 Å². The predicted molar refractivity (Wildman–Crippen MR) is 77.9 cm³/mol. The van der Waals surface area contributed by atoms with Crippen LogP contribution in [0.4, 0.5) is 4.39 Å². The minimum Gasteiger partial charge on any atom is -0.316 e. The van der Waals surface area contributed by atoms with E-state index < -0.39 is 15.8 Å². The molecule has 1 aromatic heterocycles. The normalized spacial score (nSPS) is 20.2. The van der Waals surface area contributed by atoms with Crippen LogP contribution in [0.5, 0.6) is 0 Å². The molecule has 1 saturated heterocycles. The molecule has 1 N–H and O–H groups in total. The Kier molecular flexibility index (Phi) is 3.64. The molecule has 5 nitrogen and oxygen atoms in total. The number of pyridine rings is 1. The fraction of sp³-hybridized carbons (Fsp3) is 0.357. The highest BCUT2D eigenvalue weighted by molar-refractivity contribution is 7.89. The molecular weight excluding hydrogens is 293 g/mol. The van der Waals surface area contributed by atoms with Crippen LogP contribution in [0.1, 0.15) is 6.42 Å². The SMILES string of the molecule is CNC1CCN(S(=O)(=O)c2cccc3cncc(F)c23)C1. The highest BCUT2D eigenvalue weighted by Crippen LogP contribution is 2.29. The Balaban J connectivity index is 2.12. The minimum absolute atomic E-state index is 0.0108. The van der Waals surface area contributed by atoms with Crippen LogP contribution >= 0.6 is 0 Å². The van der Waals surface area contributed by atoms with Gasteiger partial charge >= 0.3 is 0 Å². The zero-order valence-electron chi connectivity index (χ0n) is 11.6. The largest absolute Gasteiger partial charge is 0.316 e. The summed E-state index contributed by atoms with van der Waals surface area (Å²) in [5.74, 6) is -0.615. The molecule has 1 atom stereocenters. The summed E-state index contributed by atoms with van der Waals surface area (Å²) in [6.45, 7) is 0.846. The minimum atomic E-state index is -3.71. The molecule has 2 heterocycles. The van der Waals surface area contributed by atoms with Crippen molar-refractivity contribution >= 4 is 20.8 Å². The van der Waals surface area contributed by atoms with Gasteiger partial charge in [-0.15, -0.1) is 0 Å². The van der Waals surface area contributed by atoms with Gasteiger partial charge in [-0.1, -0.05) is 12.1 Å². The number of likely N-dealkylation sites (N-methyl/N-ethyl adjacent to an activating group) is 1. The number of aromatic nitrogens is 1. The topological polar surface area (TPSA) is 62.3 Å². The summed E-state index contributed by atoms with van der Waals surface area (Å²) >= 11 is 0. The molecule has 3 rings (SSSR count). The Hall–Kier alpha value is -1.57. The van der Waals surface area contributed by atoms with E-state index in [-0.39, 0.29) is 16.3 Å². The predicted octanol–water partition coefficient (Wildman–Crippen LogP) is 1.36. The monoisotopic (exact) mass is 309 g/mol. The van der Waals surface area contributed by atoms with Gasteiger partial charge in [-0.05, 0) is 19.5 Å². The van der Waals surface area contributed by atoms with Crippen molar-refractivity contribution in [3.05, 3.63) is 36.4 Å². The number of nitrogens with one attached hydrogen (secondary N) is 1. The Labute approximate surface area is 122 Å². The number of hydrogen-bond acceptors (Lipinski definition) is 4. The Morgan fingerprint density at radius 1 is 1.38 bits per heavy atom. The molecule has 1 aromatic carbocycles. The molecule has 0 spiro atoms. The maximum atomic E-state index is 14.0. The number of sulfonamides is 1. The second kappa shape index (κ2) is 5.32. The molecule has 0 saturated carbocycles. The van der Waals surface area contributed by atoms with Crippen molar-refractivity contribution in [2.45, 2.75) is 17.4 Å². The number of benzene rings is 1. The van der Waals surface area contributed by atoms with Gasteiger partial charge in [-0.3, -0.25) is 4.98 Å². The number of rotatable bonds is 3. The summed E-state index contributed by atoms with van der Waals surface area (Å²) < 4.78 is 41.0. The summed E-state index contributed by atoms with van der Waals surface area (Å²) in [7, 11) is -1.90. The first-order valence-electron chi connectivity index (χ1n) is 6.73. The molecule has 1 fully saturated rings. The van der Waals surface area contributed by atoms with E-state index in [1.165, 1.54) is 16.6 Å². The first-order valence-corrected chi connectivity index (χ1v) is 8.17. The number of hydrogen-bond donors (Lipinski definition) is 1. The van der Waals surface area contributed by atoms with Crippen LogP contribution in [0, 0.1) is 5.82 Å². The van der Waals surface area contributed by atoms with E-state index in [9.17, 15) is 12.8 Å². The first-order chi connectivity index (χ1) is 10.0. The van der Waals surface area contributed by atoms with E-state index in [0.717, 1.165) is 12.6 Å². The van der Waals surface area contributed by atoms with Gasteiger partial charge < -0.3 is 5.32 Å². The van der Waals surface area contributed by atoms with Gasteiger partial charge in [0.2, 0.25) is 10.0 Å². The molecule has 1 unspecified atom stereocenters. The van der Waals surface area contributed by atoms with Gasteiger partial charge in [-0.25, -0.2) is 12.8 Å². The smallest absolute Gasteiger partial charge is 0.243 e. The standard InChI is InChI=1S/C14H16FN3O2S/c1-16-11-5-6-18(9-11)21(19,20)13-4-2-3-10-7-17-8-12(15)14(10)13/h2-4,7-8,11,16H,5-6,9H2,1H3. The average Bonchev–Trinajstić information content (AvgIpc) is 2.97. The van der Waals surface area contributed by atoms with Crippen LogP contribution in [0.2, 0.25) is 0 Å². The van der Waals surface area contributed by atoms with Gasteiger partial charge in [0.05, 0.1) is 11.1 Å². The molecular formula is C14H16FN3O2S. The summed E-state index contributed by atoms with van der Waals surface area (Å²) in [6, 6.07) is 4.86. The Morgan fingerprint density at radius 2 is 2.19 bits per heavy atom. The van der Waals surface area contributed by atoms with Crippen LogP contribution in [0.3, 0.4) is 0 Å². The highest BCUT2D eigenvalue weighted by Gasteiger charge is 2.33. The third-order valence-electron chi connectivity index (χ3n) is 3.88. The van der Waals surface area contributed by atoms with Crippen LogP contribution < -0.4 is 5.32 Å². The summed E-state index contributed by atoms with van der Waals surface area (Å²) in [4.78, 5) is 3.78. The molecule has 0 aliphatic carbocycles. The lowest BCUT2D eigenvalue weighted by molar-refractivity contribution is 0.465. The summed E-state index contributed by atoms with van der Waals surface area (Å²) in [6.07, 6.45) is 3.27. The van der Waals surface area contributed by atoms with E-state index in [4.69, 9.17) is 0 Å². The Morgan fingerprint density at radius 3 is 2.90 bits per heavy atom. The van der Waals surface area contributed by atoms with Crippen molar-refractivity contribution in [3.8, 4) is 0 Å². The molecule has 0 amide bonds. The molecule has 112 valence electrons. The van der Waals surface area contributed by atoms with E-state index in [1.807, 2.05) is 7.05 Å². The molecule has 0 bridgehead atoms. The van der Waals surface area contributed by atoms with Crippen LogP contribution in [-0.4, -0.2) is 43.9 Å². The van der Waals surface area contributed by atoms with Gasteiger partial charge in [0.15, 0.2) is 5.82 Å². The Bertz CT molecular complexity index is 774. The van der Waals surface area contributed by atoms with Crippen molar-refractivity contribution in [1.29, 1.82) is 0 Å². The molecule has 0 radical (unpaired) electrons. The zero-order valence-corrected chi connectivity index (χ0v) is 12.4. The van der Waals surface area contributed by atoms with Crippen molar-refractivity contribution in [1.82, 2.24) is 14.6 Å². The fourth-order valence-corrected chi connectivity index (χ4v) is 4.42. The van der Waals surface area contributed by atoms with E-state index in [0.29, 0.717) is 18.5 Å². The van der Waals surface area contributed by atoms with Gasteiger partial charge in [0.25, 0.3) is 0 Å². The van der Waals surface area contributed by atoms with Crippen molar-refractivity contribution in [2.75, 3.05) is 20.1 Å². The van der Waals surface area contributed by atoms with Crippen molar-refractivity contribution < 1.29 is 12.8 Å². The summed E-state index contributed by atoms with van der Waals surface area (Å²) in [5.41, 5.74) is 0. The zero-order chi connectivity index (χ0) is 15.0. The first kappa shape index (κ1) is 14.4. The van der Waals surface area contributed by atoms with Crippen LogP contribution in [0.25, 0.3) is 10.8 Å². The summed E-state index contributed by atoms with van der Waals surface area (Å²) in [5, 5.41) is 3.67. The number of fused-ring (bicyclic) bond motifs is 1. The maximum Gasteiger partial charge on any atom is 0.243 e. The van der Waals surface area contributed by atoms with Crippen LogP contribution in [0.15, 0.2) is 35.5 Å². The third kappa shape index (κ3) is 2.41. The van der Waals surface area contributed by atoms with E-state index in [2.05, 4.69) is 10.3 Å². The van der Waals surface area contributed by atoms with Crippen molar-refractivity contribution in [3.63, 3.8) is 0 Å². The third-order valence-corrected chi connectivity index (χ3v) is 5.78. The molecule has 1 aliphatic rings. The lowest BCUT2D eigenvalue weighted by atomic mass is 10.2. The molecule has 21 heavy (non-hydrogen) atoms. The van der Waals surface area contributed by atoms with E-state index >= 15 is 0 Å². The number of halogens is 1. The van der Waals surface area contributed by atoms with Gasteiger partial charge in [-0.2, -0.15) is 4.31 Å². The molecule has 2 aromatic rings. The molecule has 7 heteroatoms. The maximum absolute atomic E-state index is 14.0. The lowest BCUT2D eigenvalue weighted by Crippen LogP contribution is -2.33. The van der Waals surface area contributed by atoms with Gasteiger partial charge in [0.1, 0.15) is 0 Å². The van der Waals surface area contributed by atoms with Crippen LogP contribution in [-0.2, 0) is 10.0 Å². The molecule has 1 aliphatic heterocycles.